The Bertz CT molecular complexity index is 612. The van der Waals surface area contributed by atoms with Crippen LogP contribution in [0.15, 0.2) is 23.7 Å². The number of aryl methyl sites for hydroxylation is 1. The van der Waals surface area contributed by atoms with E-state index in [0.29, 0.717) is 0 Å². The lowest BCUT2D eigenvalue weighted by Crippen LogP contribution is -2.16. The van der Waals surface area contributed by atoms with Gasteiger partial charge in [0.15, 0.2) is 0 Å². The van der Waals surface area contributed by atoms with Gasteiger partial charge in [-0.3, -0.25) is 0 Å². The number of rotatable bonds is 4. The van der Waals surface area contributed by atoms with E-state index in [9.17, 15) is 4.79 Å². The first-order valence-corrected chi connectivity index (χ1v) is 6.87. The number of hydrogen-bond donors (Lipinski definition) is 1. The van der Waals surface area contributed by atoms with Crippen molar-refractivity contribution in [2.45, 2.75) is 13.5 Å². The van der Waals surface area contributed by atoms with Crippen LogP contribution in [-0.4, -0.2) is 23.1 Å². The van der Waals surface area contributed by atoms with Gasteiger partial charge in [-0.05, 0) is 25.1 Å². The Hall–Kier alpha value is -1.59. The zero-order valence-electron chi connectivity index (χ0n) is 10.6. The molecule has 100 valence electrons. The summed E-state index contributed by atoms with van der Waals surface area (Å²) in [5, 5.41) is 9.18. The maximum absolute atomic E-state index is 10.9. The number of benzene rings is 1. The lowest BCUT2D eigenvalue weighted by Gasteiger charge is -2.19. The van der Waals surface area contributed by atoms with Gasteiger partial charge in [0.05, 0.1) is 28.3 Å². The minimum Gasteiger partial charge on any atom is -0.478 e. The number of halogens is 1. The lowest BCUT2D eigenvalue weighted by molar-refractivity contribution is 0.0697. The molecule has 0 amide bonds. The molecule has 0 fully saturated rings. The lowest BCUT2D eigenvalue weighted by atomic mass is 10.2. The molecule has 1 aromatic carbocycles. The van der Waals surface area contributed by atoms with Gasteiger partial charge in [-0.1, -0.05) is 11.6 Å². The van der Waals surface area contributed by atoms with Gasteiger partial charge in [-0.25, -0.2) is 9.78 Å². The smallest absolute Gasteiger partial charge is 0.337 e. The number of thiazole rings is 1. The van der Waals surface area contributed by atoms with Crippen molar-refractivity contribution in [2.75, 3.05) is 11.9 Å². The average Bonchev–Trinajstić information content (AvgIpc) is 2.74. The second-order valence-electron chi connectivity index (χ2n) is 4.19. The highest BCUT2D eigenvalue weighted by atomic mass is 35.5. The van der Waals surface area contributed by atoms with Crippen LogP contribution < -0.4 is 4.90 Å². The van der Waals surface area contributed by atoms with E-state index < -0.39 is 5.97 Å². The monoisotopic (exact) mass is 296 g/mol. The molecule has 1 N–H and O–H groups in total. The summed E-state index contributed by atoms with van der Waals surface area (Å²) < 4.78 is 0. The average molecular weight is 297 g/mol. The Morgan fingerprint density at radius 1 is 1.53 bits per heavy atom. The molecule has 6 heteroatoms. The minimum absolute atomic E-state index is 0.118. The first-order chi connectivity index (χ1) is 8.99. The van der Waals surface area contributed by atoms with Gasteiger partial charge in [0, 0.05) is 17.6 Å². The van der Waals surface area contributed by atoms with Crippen molar-refractivity contribution in [3.63, 3.8) is 0 Å². The van der Waals surface area contributed by atoms with Gasteiger partial charge in [-0.15, -0.1) is 11.3 Å². The topological polar surface area (TPSA) is 53.4 Å². The number of aromatic nitrogens is 1. The highest BCUT2D eigenvalue weighted by molar-refractivity contribution is 7.09. The molecular weight excluding hydrogens is 284 g/mol. The summed E-state index contributed by atoms with van der Waals surface area (Å²) in [6.07, 6.45) is 0. The number of nitrogens with zero attached hydrogens (tertiary/aromatic N) is 2. The molecule has 1 aromatic heterocycles. The Balaban J connectivity index is 2.20. The van der Waals surface area contributed by atoms with E-state index in [4.69, 9.17) is 16.7 Å². The van der Waals surface area contributed by atoms with E-state index in [-0.39, 0.29) is 10.6 Å². The van der Waals surface area contributed by atoms with Crippen LogP contribution in [0.4, 0.5) is 5.69 Å². The van der Waals surface area contributed by atoms with Crippen molar-refractivity contribution in [3.8, 4) is 0 Å². The second kappa shape index (κ2) is 5.59. The molecule has 0 aliphatic carbocycles. The molecule has 2 rings (SSSR count). The molecule has 0 unspecified atom stereocenters. The third kappa shape index (κ3) is 3.05. The van der Waals surface area contributed by atoms with E-state index in [1.165, 1.54) is 10.9 Å². The number of carboxylic acid groups (broad SMARTS) is 1. The highest BCUT2D eigenvalue weighted by Crippen LogP contribution is 2.25. The van der Waals surface area contributed by atoms with Crippen molar-refractivity contribution in [1.29, 1.82) is 0 Å². The number of carbonyl (C=O) groups is 1. The predicted octanol–water partition coefficient (Wildman–Crippen LogP) is 3.44. The van der Waals surface area contributed by atoms with Crippen LogP contribution in [-0.2, 0) is 6.54 Å². The first-order valence-electron chi connectivity index (χ1n) is 5.62. The standard InChI is InChI=1S/C13H13ClN2O2S/c1-8-12(19-7-15-8)6-16(2)9-3-4-10(13(17)18)11(14)5-9/h3-5,7H,6H2,1-2H3,(H,17,18). The van der Waals surface area contributed by atoms with Crippen LogP contribution in [0.3, 0.4) is 0 Å². The van der Waals surface area contributed by atoms with Crippen molar-refractivity contribution in [3.05, 3.63) is 44.9 Å². The Morgan fingerprint density at radius 2 is 2.26 bits per heavy atom. The molecule has 1 heterocycles. The van der Waals surface area contributed by atoms with E-state index in [0.717, 1.165) is 17.9 Å². The van der Waals surface area contributed by atoms with Crippen LogP contribution in [0, 0.1) is 6.92 Å². The number of carboxylic acids is 1. The Morgan fingerprint density at radius 3 is 2.79 bits per heavy atom. The van der Waals surface area contributed by atoms with Gasteiger partial charge >= 0.3 is 5.97 Å². The highest BCUT2D eigenvalue weighted by Gasteiger charge is 2.12. The van der Waals surface area contributed by atoms with Gasteiger partial charge in [-0.2, -0.15) is 0 Å². The third-order valence-electron chi connectivity index (χ3n) is 2.85. The maximum atomic E-state index is 10.9. The molecule has 2 aromatic rings. The fourth-order valence-corrected chi connectivity index (χ4v) is 2.78. The fourth-order valence-electron chi connectivity index (χ4n) is 1.70. The first kappa shape index (κ1) is 13.8. The minimum atomic E-state index is -1.02. The Kier molecular flexibility index (Phi) is 4.07. The van der Waals surface area contributed by atoms with Crippen LogP contribution >= 0.6 is 22.9 Å². The van der Waals surface area contributed by atoms with Crippen molar-refractivity contribution in [2.24, 2.45) is 0 Å². The summed E-state index contributed by atoms with van der Waals surface area (Å²) in [6.45, 7) is 2.69. The summed E-state index contributed by atoms with van der Waals surface area (Å²) in [5.74, 6) is -1.02. The molecule has 0 aliphatic rings. The largest absolute Gasteiger partial charge is 0.478 e. The summed E-state index contributed by atoms with van der Waals surface area (Å²) in [4.78, 5) is 18.3. The van der Waals surface area contributed by atoms with Crippen LogP contribution in [0.25, 0.3) is 0 Å². The van der Waals surface area contributed by atoms with Crippen LogP contribution in [0.1, 0.15) is 20.9 Å². The molecule has 0 saturated carbocycles. The number of aromatic carboxylic acids is 1. The van der Waals surface area contributed by atoms with E-state index >= 15 is 0 Å². The van der Waals surface area contributed by atoms with Gasteiger partial charge in [0.25, 0.3) is 0 Å². The van der Waals surface area contributed by atoms with Crippen molar-refractivity contribution < 1.29 is 9.90 Å². The van der Waals surface area contributed by atoms with Gasteiger partial charge < -0.3 is 10.0 Å². The number of hydrogen-bond acceptors (Lipinski definition) is 4. The predicted molar refractivity (Wildman–Crippen MR) is 77.4 cm³/mol. The molecule has 0 aliphatic heterocycles. The quantitative estimate of drug-likeness (QED) is 0.939. The van der Waals surface area contributed by atoms with Gasteiger partial charge in [0.2, 0.25) is 0 Å². The molecule has 19 heavy (non-hydrogen) atoms. The van der Waals surface area contributed by atoms with Crippen molar-refractivity contribution in [1.82, 2.24) is 4.98 Å². The summed E-state index contributed by atoms with van der Waals surface area (Å²) in [6, 6.07) is 4.95. The van der Waals surface area contributed by atoms with E-state index in [1.807, 2.05) is 24.4 Å². The molecule has 0 spiro atoms. The molecule has 0 atom stereocenters. The van der Waals surface area contributed by atoms with Crippen molar-refractivity contribution >= 4 is 34.6 Å². The van der Waals surface area contributed by atoms with Gasteiger partial charge in [0.1, 0.15) is 0 Å². The maximum Gasteiger partial charge on any atom is 0.337 e. The Labute approximate surface area is 120 Å². The zero-order valence-corrected chi connectivity index (χ0v) is 12.1. The normalized spacial score (nSPS) is 10.5. The molecule has 0 bridgehead atoms. The molecule has 0 saturated heterocycles. The molecule has 4 nitrogen and oxygen atoms in total. The molecule has 0 radical (unpaired) electrons. The van der Waals surface area contributed by atoms with E-state index in [2.05, 4.69) is 4.98 Å². The fraction of sp³-hybridized carbons (Fsp3) is 0.231. The summed E-state index contributed by atoms with van der Waals surface area (Å²) in [7, 11) is 1.94. The van der Waals surface area contributed by atoms with Crippen LogP contribution in [0.5, 0.6) is 0 Å². The number of anilines is 1. The van der Waals surface area contributed by atoms with E-state index in [1.54, 1.807) is 23.5 Å². The SMILES string of the molecule is Cc1ncsc1CN(C)c1ccc(C(=O)O)c(Cl)c1. The molecular formula is C13H13ClN2O2S. The van der Waals surface area contributed by atoms with Crippen LogP contribution in [0.2, 0.25) is 5.02 Å². The zero-order chi connectivity index (χ0) is 14.0. The third-order valence-corrected chi connectivity index (χ3v) is 4.08. The second-order valence-corrected chi connectivity index (χ2v) is 5.53. The summed E-state index contributed by atoms with van der Waals surface area (Å²) in [5.41, 5.74) is 3.83. The summed E-state index contributed by atoms with van der Waals surface area (Å²) >= 11 is 7.57.